The molecule has 0 aliphatic carbocycles. The minimum absolute atomic E-state index is 0.0874. The number of nitrogen functional groups attached to an aromatic ring is 1. The Morgan fingerprint density at radius 3 is 2.45 bits per heavy atom. The Morgan fingerprint density at radius 1 is 1.25 bits per heavy atom. The largest absolute Gasteiger partial charge is 0.398 e. The van der Waals surface area contributed by atoms with E-state index >= 15 is 0 Å². The second-order valence-corrected chi connectivity index (χ2v) is 5.84. The van der Waals surface area contributed by atoms with Gasteiger partial charge >= 0.3 is 0 Å². The Morgan fingerprint density at radius 2 is 1.90 bits per heavy atom. The molecule has 0 saturated heterocycles. The normalized spacial score (nSPS) is 11.0. The van der Waals surface area contributed by atoms with Crippen LogP contribution in [0.25, 0.3) is 0 Å². The van der Waals surface area contributed by atoms with Crippen LogP contribution in [0.4, 0.5) is 5.69 Å². The van der Waals surface area contributed by atoms with Gasteiger partial charge in [-0.3, -0.25) is 9.59 Å². The Labute approximate surface area is 119 Å². The van der Waals surface area contributed by atoms with Gasteiger partial charge in [0.2, 0.25) is 5.91 Å². The quantitative estimate of drug-likeness (QED) is 0.731. The van der Waals surface area contributed by atoms with Crippen molar-refractivity contribution in [1.29, 1.82) is 0 Å². The number of amides is 2. The standard InChI is InChI=1S/C15H23N3O2/c1-10-6-5-7-11(16)13(10)14(20)17-9-8-12(19)18-15(2,3)4/h5-7H,8-9,16H2,1-4H3,(H,17,20)(H,18,19). The summed E-state index contributed by atoms with van der Waals surface area (Å²) in [7, 11) is 0. The summed E-state index contributed by atoms with van der Waals surface area (Å²) >= 11 is 0. The van der Waals surface area contributed by atoms with Crippen molar-refractivity contribution in [2.24, 2.45) is 0 Å². The number of anilines is 1. The van der Waals surface area contributed by atoms with Gasteiger partial charge in [-0.25, -0.2) is 0 Å². The smallest absolute Gasteiger partial charge is 0.253 e. The molecule has 1 aromatic carbocycles. The zero-order valence-electron chi connectivity index (χ0n) is 12.5. The molecule has 0 saturated carbocycles. The van der Waals surface area contributed by atoms with Gasteiger partial charge in [-0.1, -0.05) is 12.1 Å². The lowest BCUT2D eigenvalue weighted by Crippen LogP contribution is -2.42. The summed E-state index contributed by atoms with van der Waals surface area (Å²) in [5.74, 6) is -0.334. The maximum Gasteiger partial charge on any atom is 0.253 e. The summed E-state index contributed by atoms with van der Waals surface area (Å²) in [4.78, 5) is 23.7. The van der Waals surface area contributed by atoms with E-state index < -0.39 is 0 Å². The molecule has 0 fully saturated rings. The summed E-state index contributed by atoms with van der Waals surface area (Å²) < 4.78 is 0. The molecule has 5 nitrogen and oxygen atoms in total. The molecule has 0 bridgehead atoms. The number of aryl methyl sites for hydroxylation is 1. The number of hydrogen-bond acceptors (Lipinski definition) is 3. The van der Waals surface area contributed by atoms with Gasteiger partial charge < -0.3 is 16.4 Å². The molecule has 1 rings (SSSR count). The number of nitrogens with two attached hydrogens (primary N) is 1. The molecule has 1 aromatic rings. The van der Waals surface area contributed by atoms with Crippen LogP contribution in [-0.2, 0) is 4.79 Å². The van der Waals surface area contributed by atoms with Crippen molar-refractivity contribution < 1.29 is 9.59 Å². The van der Waals surface area contributed by atoms with E-state index in [0.29, 0.717) is 11.3 Å². The molecule has 0 aliphatic heterocycles. The first-order chi connectivity index (χ1) is 9.20. The summed E-state index contributed by atoms with van der Waals surface area (Å²) in [6.45, 7) is 7.86. The van der Waals surface area contributed by atoms with Crippen LogP contribution < -0.4 is 16.4 Å². The average molecular weight is 277 g/mol. The predicted octanol–water partition coefficient (Wildman–Crippen LogP) is 1.61. The van der Waals surface area contributed by atoms with E-state index in [1.807, 2.05) is 33.8 Å². The van der Waals surface area contributed by atoms with Gasteiger partial charge in [-0.05, 0) is 39.3 Å². The van der Waals surface area contributed by atoms with E-state index in [4.69, 9.17) is 5.73 Å². The Bertz CT molecular complexity index is 484. The molecule has 2 amide bonds. The highest BCUT2D eigenvalue weighted by molar-refractivity contribution is 6.00. The molecule has 0 heterocycles. The minimum atomic E-state index is -0.262. The Kier molecular flexibility index (Phi) is 5.13. The molecule has 4 N–H and O–H groups in total. The number of rotatable bonds is 4. The molecular weight excluding hydrogens is 254 g/mol. The zero-order valence-corrected chi connectivity index (χ0v) is 12.5. The molecule has 20 heavy (non-hydrogen) atoms. The van der Waals surface area contributed by atoms with Gasteiger partial charge in [-0.15, -0.1) is 0 Å². The molecular formula is C15H23N3O2. The highest BCUT2D eigenvalue weighted by Gasteiger charge is 2.15. The van der Waals surface area contributed by atoms with Gasteiger partial charge in [0.25, 0.3) is 5.91 Å². The number of carbonyl (C=O) groups excluding carboxylic acids is 2. The van der Waals surface area contributed by atoms with E-state index in [0.717, 1.165) is 5.56 Å². The molecule has 0 atom stereocenters. The molecule has 0 unspecified atom stereocenters. The maximum atomic E-state index is 12.0. The summed E-state index contributed by atoms with van der Waals surface area (Å²) in [5, 5.41) is 5.56. The Hall–Kier alpha value is -2.04. The van der Waals surface area contributed by atoms with Crippen molar-refractivity contribution in [1.82, 2.24) is 10.6 Å². The van der Waals surface area contributed by atoms with Crippen LogP contribution in [0.5, 0.6) is 0 Å². The lowest BCUT2D eigenvalue weighted by atomic mass is 10.1. The predicted molar refractivity (Wildman–Crippen MR) is 80.4 cm³/mol. The van der Waals surface area contributed by atoms with Crippen molar-refractivity contribution >= 4 is 17.5 Å². The summed E-state index contributed by atoms with van der Waals surface area (Å²) in [5.41, 5.74) is 7.28. The van der Waals surface area contributed by atoms with E-state index in [9.17, 15) is 9.59 Å². The second kappa shape index (κ2) is 6.41. The number of benzene rings is 1. The lowest BCUT2D eigenvalue weighted by molar-refractivity contribution is -0.122. The fourth-order valence-electron chi connectivity index (χ4n) is 1.86. The Balaban J connectivity index is 2.51. The van der Waals surface area contributed by atoms with Crippen molar-refractivity contribution in [2.45, 2.75) is 39.7 Å². The van der Waals surface area contributed by atoms with Crippen LogP contribution in [0.3, 0.4) is 0 Å². The van der Waals surface area contributed by atoms with Gasteiger partial charge in [0.1, 0.15) is 0 Å². The number of hydrogen-bond donors (Lipinski definition) is 3. The van der Waals surface area contributed by atoms with Crippen LogP contribution in [0, 0.1) is 6.92 Å². The summed E-state index contributed by atoms with van der Waals surface area (Å²) in [6, 6.07) is 5.32. The van der Waals surface area contributed by atoms with Crippen LogP contribution in [0.15, 0.2) is 18.2 Å². The van der Waals surface area contributed by atoms with Crippen molar-refractivity contribution in [3.05, 3.63) is 29.3 Å². The van der Waals surface area contributed by atoms with Crippen LogP contribution in [-0.4, -0.2) is 23.9 Å². The molecule has 0 aromatic heterocycles. The van der Waals surface area contributed by atoms with Crippen molar-refractivity contribution in [3.63, 3.8) is 0 Å². The summed E-state index contributed by atoms with van der Waals surface area (Å²) in [6.07, 6.45) is 0.245. The van der Waals surface area contributed by atoms with E-state index in [2.05, 4.69) is 10.6 Å². The number of carbonyl (C=O) groups is 2. The molecule has 0 spiro atoms. The first-order valence-corrected chi connectivity index (χ1v) is 6.65. The highest BCUT2D eigenvalue weighted by Crippen LogP contribution is 2.15. The highest BCUT2D eigenvalue weighted by atomic mass is 16.2. The average Bonchev–Trinajstić information content (AvgIpc) is 2.26. The lowest BCUT2D eigenvalue weighted by Gasteiger charge is -2.20. The third-order valence-electron chi connectivity index (χ3n) is 2.68. The molecule has 0 aliphatic rings. The van der Waals surface area contributed by atoms with Crippen molar-refractivity contribution in [3.8, 4) is 0 Å². The molecule has 5 heteroatoms. The van der Waals surface area contributed by atoms with Gasteiger partial charge in [-0.2, -0.15) is 0 Å². The van der Waals surface area contributed by atoms with Crippen LogP contribution in [0.2, 0.25) is 0 Å². The monoisotopic (exact) mass is 277 g/mol. The maximum absolute atomic E-state index is 12.0. The van der Waals surface area contributed by atoms with E-state index in [1.54, 1.807) is 12.1 Å². The second-order valence-electron chi connectivity index (χ2n) is 5.84. The topological polar surface area (TPSA) is 84.2 Å². The van der Waals surface area contributed by atoms with Gasteiger partial charge in [0.15, 0.2) is 0 Å². The van der Waals surface area contributed by atoms with Crippen LogP contribution in [0.1, 0.15) is 43.1 Å². The van der Waals surface area contributed by atoms with E-state index in [-0.39, 0.29) is 30.3 Å². The molecule has 0 radical (unpaired) electrons. The van der Waals surface area contributed by atoms with Gasteiger partial charge in [0, 0.05) is 24.2 Å². The van der Waals surface area contributed by atoms with Crippen LogP contribution >= 0.6 is 0 Å². The minimum Gasteiger partial charge on any atom is -0.398 e. The van der Waals surface area contributed by atoms with Crippen molar-refractivity contribution in [2.75, 3.05) is 12.3 Å². The first-order valence-electron chi connectivity index (χ1n) is 6.65. The fraction of sp³-hybridized carbons (Fsp3) is 0.467. The third-order valence-corrected chi connectivity index (χ3v) is 2.68. The first kappa shape index (κ1) is 16.0. The van der Waals surface area contributed by atoms with E-state index in [1.165, 1.54) is 0 Å². The number of nitrogens with one attached hydrogen (secondary N) is 2. The van der Waals surface area contributed by atoms with Gasteiger partial charge in [0.05, 0.1) is 5.56 Å². The third kappa shape index (κ3) is 4.91. The SMILES string of the molecule is Cc1cccc(N)c1C(=O)NCCC(=O)NC(C)(C)C. The zero-order chi connectivity index (χ0) is 15.3. The fourth-order valence-corrected chi connectivity index (χ4v) is 1.86. The molecule has 110 valence electrons.